The van der Waals surface area contributed by atoms with E-state index in [1.165, 1.54) is 0 Å². The first-order valence-electron chi connectivity index (χ1n) is 5.94. The van der Waals surface area contributed by atoms with Crippen molar-refractivity contribution in [3.63, 3.8) is 0 Å². The summed E-state index contributed by atoms with van der Waals surface area (Å²) in [6.07, 6.45) is 1.68. The largest absolute Gasteiger partial charge is 0.396 e. The van der Waals surface area contributed by atoms with Crippen LogP contribution >= 0.6 is 11.6 Å². The molecule has 0 aromatic carbocycles. The van der Waals surface area contributed by atoms with E-state index in [1.54, 1.807) is 6.07 Å². The number of halogens is 1. The number of aromatic nitrogens is 2. The molecule has 96 valence electrons. The van der Waals surface area contributed by atoms with Gasteiger partial charge >= 0.3 is 0 Å². The Balaban J connectivity index is 2.70. The number of nitrogens with zero attached hydrogens (tertiary/aromatic N) is 2. The average molecular weight is 258 g/mol. The third kappa shape index (κ3) is 4.88. The van der Waals surface area contributed by atoms with Crippen molar-refractivity contribution in [2.24, 2.45) is 0 Å². The fraction of sp³-hybridized carbons (Fsp3) is 0.667. The minimum absolute atomic E-state index is 0.216. The molecule has 1 heterocycles. The SMILES string of the molecule is CC(CCCO)Nc1cc(Cl)nc(C(C)C)n1. The number of nitrogens with one attached hydrogen (secondary N) is 1. The van der Waals surface area contributed by atoms with E-state index in [2.05, 4.69) is 22.2 Å². The van der Waals surface area contributed by atoms with E-state index in [4.69, 9.17) is 16.7 Å². The zero-order valence-electron chi connectivity index (χ0n) is 10.6. The Morgan fingerprint density at radius 3 is 2.65 bits per heavy atom. The number of rotatable bonds is 6. The number of anilines is 1. The Bertz CT molecular complexity index is 358. The number of aliphatic hydroxyl groups excluding tert-OH is 1. The quantitative estimate of drug-likeness (QED) is 0.770. The number of aliphatic hydroxyl groups is 1. The van der Waals surface area contributed by atoms with Crippen LogP contribution in [-0.4, -0.2) is 27.7 Å². The fourth-order valence-electron chi connectivity index (χ4n) is 1.49. The highest BCUT2D eigenvalue weighted by molar-refractivity contribution is 6.29. The standard InChI is InChI=1S/C12H20ClN3O/c1-8(2)12-15-10(13)7-11(16-12)14-9(3)5-4-6-17/h7-9,17H,4-6H2,1-3H3,(H,14,15,16). The van der Waals surface area contributed by atoms with Gasteiger partial charge in [-0.3, -0.25) is 0 Å². The monoisotopic (exact) mass is 257 g/mol. The van der Waals surface area contributed by atoms with Crippen LogP contribution in [0.4, 0.5) is 5.82 Å². The maximum Gasteiger partial charge on any atom is 0.135 e. The minimum atomic E-state index is 0.216. The molecule has 0 saturated carbocycles. The van der Waals surface area contributed by atoms with Crippen molar-refractivity contribution in [3.05, 3.63) is 17.0 Å². The molecule has 1 unspecified atom stereocenters. The molecule has 0 amide bonds. The highest BCUT2D eigenvalue weighted by Gasteiger charge is 2.09. The summed E-state index contributed by atoms with van der Waals surface area (Å²) in [5.41, 5.74) is 0. The van der Waals surface area contributed by atoms with E-state index in [0.29, 0.717) is 5.15 Å². The molecule has 0 radical (unpaired) electrons. The molecular formula is C12H20ClN3O. The smallest absolute Gasteiger partial charge is 0.135 e. The van der Waals surface area contributed by atoms with Crippen molar-refractivity contribution in [2.45, 2.75) is 45.6 Å². The Morgan fingerprint density at radius 1 is 1.35 bits per heavy atom. The summed E-state index contributed by atoms with van der Waals surface area (Å²) in [6, 6.07) is 1.98. The Labute approximate surface area is 107 Å². The van der Waals surface area contributed by atoms with E-state index < -0.39 is 0 Å². The molecule has 5 heteroatoms. The van der Waals surface area contributed by atoms with E-state index in [-0.39, 0.29) is 18.6 Å². The van der Waals surface area contributed by atoms with Gasteiger partial charge in [0, 0.05) is 24.6 Å². The molecule has 4 nitrogen and oxygen atoms in total. The molecular weight excluding hydrogens is 238 g/mol. The van der Waals surface area contributed by atoms with Gasteiger partial charge in [-0.15, -0.1) is 0 Å². The summed E-state index contributed by atoms with van der Waals surface area (Å²) in [6.45, 7) is 6.34. The van der Waals surface area contributed by atoms with Gasteiger partial charge in [0.2, 0.25) is 0 Å². The highest BCUT2D eigenvalue weighted by Crippen LogP contribution is 2.18. The Kier molecular flexibility index (Phi) is 5.65. The highest BCUT2D eigenvalue weighted by atomic mass is 35.5. The van der Waals surface area contributed by atoms with Gasteiger partial charge in [-0.05, 0) is 19.8 Å². The maximum absolute atomic E-state index is 8.77. The Morgan fingerprint density at radius 2 is 2.06 bits per heavy atom. The zero-order chi connectivity index (χ0) is 12.8. The molecule has 2 N–H and O–H groups in total. The minimum Gasteiger partial charge on any atom is -0.396 e. The van der Waals surface area contributed by atoms with Crippen molar-refractivity contribution in [1.82, 2.24) is 9.97 Å². The first-order valence-corrected chi connectivity index (χ1v) is 6.32. The lowest BCUT2D eigenvalue weighted by atomic mass is 10.2. The summed E-state index contributed by atoms with van der Waals surface area (Å²) in [4.78, 5) is 8.59. The normalized spacial score (nSPS) is 12.8. The second-order valence-electron chi connectivity index (χ2n) is 4.50. The van der Waals surface area contributed by atoms with Gasteiger partial charge in [0.15, 0.2) is 0 Å². The van der Waals surface area contributed by atoms with Crippen LogP contribution in [0.5, 0.6) is 0 Å². The van der Waals surface area contributed by atoms with Crippen LogP contribution in [0.25, 0.3) is 0 Å². The van der Waals surface area contributed by atoms with Crippen LogP contribution in [0.1, 0.15) is 45.4 Å². The van der Waals surface area contributed by atoms with Gasteiger partial charge in [-0.2, -0.15) is 0 Å². The lowest BCUT2D eigenvalue weighted by Crippen LogP contribution is -2.17. The first-order chi connectivity index (χ1) is 8.02. The van der Waals surface area contributed by atoms with Gasteiger partial charge < -0.3 is 10.4 Å². The number of hydrogen-bond acceptors (Lipinski definition) is 4. The summed E-state index contributed by atoms with van der Waals surface area (Å²) >= 11 is 5.95. The fourth-order valence-corrected chi connectivity index (χ4v) is 1.68. The molecule has 0 saturated heterocycles. The second-order valence-corrected chi connectivity index (χ2v) is 4.89. The lowest BCUT2D eigenvalue weighted by Gasteiger charge is -2.15. The molecule has 0 fully saturated rings. The van der Waals surface area contributed by atoms with Crippen LogP contribution in [0.3, 0.4) is 0 Å². The first kappa shape index (κ1) is 14.2. The van der Waals surface area contributed by atoms with E-state index in [0.717, 1.165) is 24.5 Å². The molecule has 1 aromatic rings. The molecule has 0 bridgehead atoms. The molecule has 0 spiro atoms. The summed E-state index contributed by atoms with van der Waals surface area (Å²) < 4.78 is 0. The summed E-state index contributed by atoms with van der Waals surface area (Å²) in [5.74, 6) is 1.75. The molecule has 1 aromatic heterocycles. The Hall–Kier alpha value is -0.870. The van der Waals surface area contributed by atoms with Gasteiger partial charge in [0.25, 0.3) is 0 Å². The van der Waals surface area contributed by atoms with Gasteiger partial charge in [0.05, 0.1) is 0 Å². The third-order valence-electron chi connectivity index (χ3n) is 2.42. The molecule has 0 aliphatic carbocycles. The average Bonchev–Trinajstić information content (AvgIpc) is 2.25. The second kappa shape index (κ2) is 6.77. The van der Waals surface area contributed by atoms with Crippen molar-refractivity contribution in [1.29, 1.82) is 0 Å². The summed E-state index contributed by atoms with van der Waals surface area (Å²) in [5, 5.41) is 12.5. The summed E-state index contributed by atoms with van der Waals surface area (Å²) in [7, 11) is 0. The van der Waals surface area contributed by atoms with Crippen molar-refractivity contribution < 1.29 is 5.11 Å². The predicted octanol–water partition coefficient (Wildman–Crippen LogP) is 2.83. The van der Waals surface area contributed by atoms with E-state index >= 15 is 0 Å². The zero-order valence-corrected chi connectivity index (χ0v) is 11.3. The number of hydrogen-bond donors (Lipinski definition) is 2. The van der Waals surface area contributed by atoms with Crippen molar-refractivity contribution in [2.75, 3.05) is 11.9 Å². The predicted molar refractivity (Wildman–Crippen MR) is 70.5 cm³/mol. The molecule has 1 atom stereocenters. The topological polar surface area (TPSA) is 58.0 Å². The van der Waals surface area contributed by atoms with Gasteiger partial charge in [0.1, 0.15) is 16.8 Å². The van der Waals surface area contributed by atoms with E-state index in [1.807, 2.05) is 13.8 Å². The van der Waals surface area contributed by atoms with Crippen molar-refractivity contribution >= 4 is 17.4 Å². The molecule has 0 aliphatic rings. The van der Waals surface area contributed by atoms with Crippen LogP contribution in [-0.2, 0) is 0 Å². The van der Waals surface area contributed by atoms with Gasteiger partial charge in [-0.1, -0.05) is 25.4 Å². The van der Waals surface area contributed by atoms with Crippen LogP contribution in [0.2, 0.25) is 5.15 Å². The van der Waals surface area contributed by atoms with Crippen molar-refractivity contribution in [3.8, 4) is 0 Å². The molecule has 0 aliphatic heterocycles. The maximum atomic E-state index is 8.77. The van der Waals surface area contributed by atoms with Crippen LogP contribution in [0, 0.1) is 0 Å². The van der Waals surface area contributed by atoms with E-state index in [9.17, 15) is 0 Å². The molecule has 1 rings (SSSR count). The van der Waals surface area contributed by atoms with Crippen LogP contribution < -0.4 is 5.32 Å². The van der Waals surface area contributed by atoms with Gasteiger partial charge in [-0.25, -0.2) is 9.97 Å². The third-order valence-corrected chi connectivity index (χ3v) is 2.61. The van der Waals surface area contributed by atoms with Crippen LogP contribution in [0.15, 0.2) is 6.07 Å². The molecule has 17 heavy (non-hydrogen) atoms. The lowest BCUT2D eigenvalue weighted by molar-refractivity contribution is 0.282.